The molecule has 1 fully saturated rings. The summed E-state index contributed by atoms with van der Waals surface area (Å²) in [5, 5.41) is 3.17. The van der Waals surface area contributed by atoms with Crippen molar-refractivity contribution < 1.29 is 13.9 Å². The van der Waals surface area contributed by atoms with Gasteiger partial charge in [0.05, 0.1) is 17.1 Å². The van der Waals surface area contributed by atoms with Crippen molar-refractivity contribution in [2.75, 3.05) is 30.0 Å². The molecule has 6 heteroatoms. The predicted molar refractivity (Wildman–Crippen MR) is 75.7 cm³/mol. The number of nitrogens with one attached hydrogen (secondary N) is 1. The van der Waals surface area contributed by atoms with E-state index in [0.717, 1.165) is 26.1 Å². The lowest BCUT2D eigenvalue weighted by molar-refractivity contribution is -0.113. The van der Waals surface area contributed by atoms with Crippen LogP contribution in [0.15, 0.2) is 18.2 Å². The number of amides is 1. The molecule has 1 aliphatic rings. The highest BCUT2D eigenvalue weighted by Gasteiger charge is 2.16. The van der Waals surface area contributed by atoms with Crippen LogP contribution in [0.25, 0.3) is 0 Å². The smallest absolute Gasteiger partial charge is 0.234 e. The van der Waals surface area contributed by atoms with E-state index in [1.165, 1.54) is 18.2 Å². The van der Waals surface area contributed by atoms with Crippen LogP contribution in [0.4, 0.5) is 15.8 Å². The molecule has 0 bridgehead atoms. The zero-order chi connectivity index (χ0) is 13.7. The fourth-order valence-electron chi connectivity index (χ4n) is 1.87. The Balaban J connectivity index is 1.80. The van der Waals surface area contributed by atoms with Crippen LogP contribution in [0.1, 0.15) is 12.8 Å². The van der Waals surface area contributed by atoms with E-state index in [4.69, 9.17) is 10.5 Å². The molecule has 1 aromatic rings. The molecule has 0 radical (unpaired) electrons. The Morgan fingerprint density at radius 2 is 2.21 bits per heavy atom. The van der Waals surface area contributed by atoms with Gasteiger partial charge in [-0.3, -0.25) is 4.79 Å². The van der Waals surface area contributed by atoms with Crippen LogP contribution in [0, 0.1) is 5.82 Å². The molecule has 0 atom stereocenters. The fraction of sp³-hybridized carbons (Fsp3) is 0.462. The number of nitrogens with two attached hydrogens (primary N) is 1. The van der Waals surface area contributed by atoms with Gasteiger partial charge < -0.3 is 15.8 Å². The van der Waals surface area contributed by atoms with Crippen molar-refractivity contribution in [3.8, 4) is 0 Å². The minimum absolute atomic E-state index is 0.116. The molecule has 0 aliphatic carbocycles. The van der Waals surface area contributed by atoms with Crippen molar-refractivity contribution in [2.45, 2.75) is 18.1 Å². The van der Waals surface area contributed by atoms with Crippen molar-refractivity contribution in [1.29, 1.82) is 0 Å². The van der Waals surface area contributed by atoms with Crippen molar-refractivity contribution in [1.82, 2.24) is 0 Å². The summed E-state index contributed by atoms with van der Waals surface area (Å²) in [6.07, 6.45) is 1.97. The van der Waals surface area contributed by atoms with Gasteiger partial charge in [-0.05, 0) is 31.0 Å². The van der Waals surface area contributed by atoms with E-state index in [1.807, 2.05) is 0 Å². The zero-order valence-corrected chi connectivity index (χ0v) is 11.3. The molecule has 2 rings (SSSR count). The lowest BCUT2D eigenvalue weighted by Gasteiger charge is -2.21. The fourth-order valence-corrected chi connectivity index (χ4v) is 2.85. The number of carbonyl (C=O) groups excluding carboxylic acids is 1. The highest BCUT2D eigenvalue weighted by molar-refractivity contribution is 8.00. The second kappa shape index (κ2) is 6.77. The van der Waals surface area contributed by atoms with E-state index in [9.17, 15) is 9.18 Å². The largest absolute Gasteiger partial charge is 0.397 e. The number of rotatable bonds is 4. The van der Waals surface area contributed by atoms with Gasteiger partial charge in [0.25, 0.3) is 0 Å². The van der Waals surface area contributed by atoms with E-state index in [1.54, 1.807) is 11.8 Å². The normalized spacial score (nSPS) is 16.3. The number of hydrogen-bond donors (Lipinski definition) is 2. The molecular weight excluding hydrogens is 267 g/mol. The highest BCUT2D eigenvalue weighted by Crippen LogP contribution is 2.23. The third-order valence-electron chi connectivity index (χ3n) is 2.91. The molecule has 0 spiro atoms. The molecule has 1 aromatic carbocycles. The number of benzene rings is 1. The molecule has 104 valence electrons. The standard InChI is InChI=1S/C13H17FN2O2S/c14-9-1-2-12(11(15)7-9)16-13(17)8-19-10-3-5-18-6-4-10/h1-2,7,10H,3-6,8,15H2,(H,16,17). The maximum absolute atomic E-state index is 12.9. The first kappa shape index (κ1) is 14.1. The number of thioether (sulfide) groups is 1. The summed E-state index contributed by atoms with van der Waals surface area (Å²) in [7, 11) is 0. The maximum atomic E-state index is 12.9. The third-order valence-corrected chi connectivity index (χ3v) is 4.28. The van der Waals surface area contributed by atoms with Crippen LogP contribution in [-0.2, 0) is 9.53 Å². The van der Waals surface area contributed by atoms with Gasteiger partial charge in [-0.1, -0.05) is 0 Å². The van der Waals surface area contributed by atoms with Gasteiger partial charge >= 0.3 is 0 Å². The quantitative estimate of drug-likeness (QED) is 0.832. The summed E-state index contributed by atoms with van der Waals surface area (Å²) >= 11 is 1.63. The summed E-state index contributed by atoms with van der Waals surface area (Å²) in [4.78, 5) is 11.8. The SMILES string of the molecule is Nc1cc(F)ccc1NC(=O)CSC1CCOCC1. The van der Waals surface area contributed by atoms with Gasteiger partial charge in [0.1, 0.15) is 5.82 Å². The van der Waals surface area contributed by atoms with Gasteiger partial charge in [0, 0.05) is 18.5 Å². The van der Waals surface area contributed by atoms with Crippen LogP contribution < -0.4 is 11.1 Å². The zero-order valence-electron chi connectivity index (χ0n) is 10.5. The van der Waals surface area contributed by atoms with Gasteiger partial charge in [0.2, 0.25) is 5.91 Å². The van der Waals surface area contributed by atoms with Crippen molar-refractivity contribution in [3.05, 3.63) is 24.0 Å². The number of ether oxygens (including phenoxy) is 1. The van der Waals surface area contributed by atoms with Gasteiger partial charge in [-0.15, -0.1) is 11.8 Å². The van der Waals surface area contributed by atoms with Crippen LogP contribution in [0.3, 0.4) is 0 Å². The molecule has 3 N–H and O–H groups in total. The van der Waals surface area contributed by atoms with Gasteiger partial charge in [-0.2, -0.15) is 0 Å². The number of carbonyl (C=O) groups is 1. The Morgan fingerprint density at radius 3 is 2.89 bits per heavy atom. The Labute approximate surface area is 115 Å². The summed E-state index contributed by atoms with van der Waals surface area (Å²) in [5.41, 5.74) is 6.33. The Bertz CT molecular complexity index is 450. The lowest BCUT2D eigenvalue weighted by Crippen LogP contribution is -2.21. The molecule has 4 nitrogen and oxygen atoms in total. The van der Waals surface area contributed by atoms with E-state index in [0.29, 0.717) is 16.7 Å². The first-order chi connectivity index (χ1) is 9.15. The van der Waals surface area contributed by atoms with Crippen LogP contribution >= 0.6 is 11.8 Å². The Morgan fingerprint density at radius 1 is 1.47 bits per heavy atom. The maximum Gasteiger partial charge on any atom is 0.234 e. The molecule has 1 heterocycles. The van der Waals surface area contributed by atoms with Crippen LogP contribution in [0.2, 0.25) is 0 Å². The van der Waals surface area contributed by atoms with Crippen molar-refractivity contribution >= 4 is 29.0 Å². The average molecular weight is 284 g/mol. The average Bonchev–Trinajstić information content (AvgIpc) is 2.41. The molecule has 1 saturated heterocycles. The summed E-state index contributed by atoms with van der Waals surface area (Å²) in [6.45, 7) is 1.54. The van der Waals surface area contributed by atoms with Crippen molar-refractivity contribution in [3.63, 3.8) is 0 Å². The van der Waals surface area contributed by atoms with Gasteiger partial charge in [0.15, 0.2) is 0 Å². The minimum atomic E-state index is -0.410. The minimum Gasteiger partial charge on any atom is -0.397 e. The number of nitrogen functional groups attached to an aromatic ring is 1. The second-order valence-electron chi connectivity index (χ2n) is 4.40. The summed E-state index contributed by atoms with van der Waals surface area (Å²) < 4.78 is 18.1. The van der Waals surface area contributed by atoms with Crippen LogP contribution in [0.5, 0.6) is 0 Å². The van der Waals surface area contributed by atoms with Gasteiger partial charge in [-0.25, -0.2) is 4.39 Å². The molecule has 0 unspecified atom stereocenters. The monoisotopic (exact) mass is 284 g/mol. The van der Waals surface area contributed by atoms with Crippen LogP contribution in [-0.4, -0.2) is 30.1 Å². The summed E-state index contributed by atoms with van der Waals surface area (Å²) in [6, 6.07) is 3.94. The van der Waals surface area contributed by atoms with E-state index in [-0.39, 0.29) is 11.6 Å². The highest BCUT2D eigenvalue weighted by atomic mass is 32.2. The second-order valence-corrected chi connectivity index (χ2v) is 5.69. The van der Waals surface area contributed by atoms with Crippen molar-refractivity contribution in [2.24, 2.45) is 0 Å². The van der Waals surface area contributed by atoms with E-state index >= 15 is 0 Å². The third kappa shape index (κ3) is 4.40. The first-order valence-corrected chi connectivity index (χ1v) is 7.24. The molecular formula is C13H17FN2O2S. The molecule has 1 amide bonds. The molecule has 19 heavy (non-hydrogen) atoms. The Hall–Kier alpha value is -1.27. The van der Waals surface area contributed by atoms with E-state index < -0.39 is 5.82 Å². The topological polar surface area (TPSA) is 64.3 Å². The molecule has 0 aromatic heterocycles. The number of hydrogen-bond acceptors (Lipinski definition) is 4. The van der Waals surface area contributed by atoms with E-state index in [2.05, 4.69) is 5.32 Å². The first-order valence-electron chi connectivity index (χ1n) is 6.19. The lowest BCUT2D eigenvalue weighted by atomic mass is 10.2. The molecule has 1 aliphatic heterocycles. The predicted octanol–water partition coefficient (Wildman–Crippen LogP) is 2.26. The summed E-state index contributed by atoms with van der Waals surface area (Å²) in [5.74, 6) is -0.150. The number of halogens is 1. The number of anilines is 2. The molecule has 0 saturated carbocycles. The Kier molecular flexibility index (Phi) is 5.04.